The summed E-state index contributed by atoms with van der Waals surface area (Å²) in [5, 5.41) is 13.7. The lowest BCUT2D eigenvalue weighted by Crippen LogP contribution is -2.67. The van der Waals surface area contributed by atoms with Crippen molar-refractivity contribution in [2.75, 3.05) is 19.8 Å². The van der Waals surface area contributed by atoms with Gasteiger partial charge in [0.25, 0.3) is 14.1 Å². The van der Waals surface area contributed by atoms with Gasteiger partial charge in [0.15, 0.2) is 11.9 Å². The summed E-state index contributed by atoms with van der Waals surface area (Å²) < 4.78 is 36.7. The van der Waals surface area contributed by atoms with E-state index in [0.717, 1.165) is 10.4 Å². The lowest BCUT2D eigenvalue weighted by molar-refractivity contribution is -0.250. The van der Waals surface area contributed by atoms with E-state index in [4.69, 9.17) is 28.1 Å². The molecule has 0 spiro atoms. The van der Waals surface area contributed by atoms with Gasteiger partial charge in [-0.05, 0) is 54.9 Å². The van der Waals surface area contributed by atoms with Crippen molar-refractivity contribution in [1.82, 2.24) is 0 Å². The van der Waals surface area contributed by atoms with E-state index in [1.54, 1.807) is 0 Å². The minimum atomic E-state index is -2.83. The molecule has 39 heavy (non-hydrogen) atoms. The van der Waals surface area contributed by atoms with Crippen molar-refractivity contribution in [3.63, 3.8) is 0 Å². The Morgan fingerprint density at radius 2 is 1.44 bits per heavy atom. The molecule has 0 saturated carbocycles. The predicted octanol–water partition coefficient (Wildman–Crippen LogP) is 3.57. The van der Waals surface area contributed by atoms with E-state index in [1.165, 1.54) is 0 Å². The van der Waals surface area contributed by atoms with Crippen LogP contribution in [0.2, 0.25) is 5.04 Å². The van der Waals surface area contributed by atoms with E-state index < -0.39 is 44.5 Å². The van der Waals surface area contributed by atoms with Gasteiger partial charge < -0.3 is 33.2 Å². The average Bonchev–Trinajstić information content (AvgIpc) is 3.35. The van der Waals surface area contributed by atoms with Crippen LogP contribution in [0.4, 0.5) is 0 Å². The fourth-order valence-corrected chi connectivity index (χ4v) is 10.1. The Labute approximate surface area is 233 Å². The maximum atomic E-state index is 11.6. The van der Waals surface area contributed by atoms with Gasteiger partial charge in [-0.2, -0.15) is 0 Å². The highest BCUT2D eigenvalue weighted by molar-refractivity contribution is 6.99. The molecule has 2 aliphatic heterocycles. The molecule has 212 valence electrons. The zero-order valence-electron chi connectivity index (χ0n) is 24.1. The van der Waals surface area contributed by atoms with Gasteiger partial charge in [-0.1, -0.05) is 81.4 Å². The molecule has 4 rings (SSSR count). The molecule has 2 saturated heterocycles. The highest BCUT2D eigenvalue weighted by Gasteiger charge is 2.63. The second-order valence-electron chi connectivity index (χ2n) is 11.4. The summed E-state index contributed by atoms with van der Waals surface area (Å²) in [5.41, 5.74) is 0. The van der Waals surface area contributed by atoms with Gasteiger partial charge in [-0.3, -0.25) is 0 Å². The van der Waals surface area contributed by atoms with Crippen molar-refractivity contribution in [3.05, 3.63) is 60.7 Å². The van der Waals surface area contributed by atoms with E-state index in [2.05, 4.69) is 81.1 Å². The number of fused-ring (bicyclic) bond motifs is 1. The summed E-state index contributed by atoms with van der Waals surface area (Å²) >= 11 is 0. The highest BCUT2D eigenvalue weighted by atomic mass is 28.4. The molecule has 2 aromatic carbocycles. The van der Waals surface area contributed by atoms with Crippen LogP contribution in [0, 0.1) is 11.8 Å². The van der Waals surface area contributed by atoms with Gasteiger partial charge in [0, 0.05) is 13.2 Å². The normalized spacial score (nSPS) is 26.3. The van der Waals surface area contributed by atoms with Crippen LogP contribution in [0.5, 0.6) is 0 Å². The number of benzene rings is 2. The first-order valence-electron chi connectivity index (χ1n) is 13.7. The maximum absolute atomic E-state index is 11.6. The minimum Gasteiger partial charge on any atom is -0.405 e. The molecule has 1 unspecified atom stereocenters. The topological polar surface area (TPSA) is 75.6 Å². The summed E-state index contributed by atoms with van der Waals surface area (Å²) in [7, 11) is -2.83. The number of ether oxygens (including phenoxy) is 5. The van der Waals surface area contributed by atoms with Crippen LogP contribution in [0.15, 0.2) is 60.7 Å². The van der Waals surface area contributed by atoms with Crippen LogP contribution in [0.3, 0.4) is 0 Å². The lowest BCUT2D eigenvalue weighted by atomic mass is 10.1. The first-order chi connectivity index (χ1) is 18.5. The molecule has 1 N–H and O–H groups in total. The molecular formula is C31H42O7Si. The molecular weight excluding hydrogens is 512 g/mol. The standard InChI is InChI=1S/C31H42O7Si/c1-8-33-26(34-9-2)20-21-31(32)28-27(37-30(6,7)38-28)25(36-31)22-35-39(29(3,4)5,23-16-12-10-13-17-23)24-18-14-11-15-19-24/h10-19,25-28,32H,8-9,22H2,1-7H3/t25-,27-,28-,31?/m1/s1. The Hall–Kier alpha value is -2.06. The SMILES string of the molecule is CCOC(C#CC1(O)O[C@H](CO[Si](c2ccccc2)(c2ccccc2)C(C)(C)C)[C@H]2OC(C)(C)O[C@H]21)OCC. The first kappa shape index (κ1) is 29.9. The Morgan fingerprint density at radius 1 is 0.897 bits per heavy atom. The van der Waals surface area contributed by atoms with E-state index in [0.29, 0.717) is 13.2 Å². The fraction of sp³-hybridized carbons (Fsp3) is 0.548. The summed E-state index contributed by atoms with van der Waals surface area (Å²) in [4.78, 5) is 0. The summed E-state index contributed by atoms with van der Waals surface area (Å²) in [6.45, 7) is 15.1. The van der Waals surface area contributed by atoms with Crippen LogP contribution in [-0.2, 0) is 28.1 Å². The quantitative estimate of drug-likeness (QED) is 0.289. The molecule has 2 aromatic rings. The van der Waals surface area contributed by atoms with Gasteiger partial charge in [-0.25, -0.2) is 0 Å². The molecule has 7 nitrogen and oxygen atoms in total. The molecule has 0 aromatic heterocycles. The van der Waals surface area contributed by atoms with Crippen LogP contribution in [-0.4, -0.2) is 69.4 Å². The van der Waals surface area contributed by atoms with Crippen molar-refractivity contribution in [1.29, 1.82) is 0 Å². The molecule has 0 bridgehead atoms. The third-order valence-electron chi connectivity index (χ3n) is 7.10. The molecule has 0 radical (unpaired) electrons. The third kappa shape index (κ3) is 6.16. The van der Waals surface area contributed by atoms with Crippen LogP contribution < -0.4 is 10.4 Å². The summed E-state index contributed by atoms with van der Waals surface area (Å²) in [6, 6.07) is 20.8. The molecule has 0 amide bonds. The Kier molecular flexibility index (Phi) is 9.06. The van der Waals surface area contributed by atoms with Gasteiger partial charge in [-0.15, -0.1) is 0 Å². The Bertz CT molecular complexity index is 1090. The number of rotatable bonds is 9. The average molecular weight is 555 g/mol. The minimum absolute atomic E-state index is 0.193. The molecule has 0 aliphatic carbocycles. The molecule has 4 atom stereocenters. The van der Waals surface area contributed by atoms with Crippen LogP contribution in [0.25, 0.3) is 0 Å². The van der Waals surface area contributed by atoms with E-state index in [1.807, 2.05) is 39.8 Å². The molecule has 8 heteroatoms. The first-order valence-corrected chi connectivity index (χ1v) is 15.6. The monoisotopic (exact) mass is 554 g/mol. The maximum Gasteiger partial charge on any atom is 0.261 e. The van der Waals surface area contributed by atoms with E-state index in [9.17, 15) is 5.11 Å². The summed E-state index contributed by atoms with van der Waals surface area (Å²) in [6.07, 6.45) is -2.80. The summed E-state index contributed by atoms with van der Waals surface area (Å²) in [5.74, 6) is 2.89. The smallest absolute Gasteiger partial charge is 0.261 e. The van der Waals surface area contributed by atoms with E-state index >= 15 is 0 Å². The van der Waals surface area contributed by atoms with Crippen LogP contribution in [0.1, 0.15) is 48.5 Å². The molecule has 2 heterocycles. The van der Waals surface area contributed by atoms with Crippen molar-refractivity contribution in [2.24, 2.45) is 0 Å². The number of aliphatic hydroxyl groups is 1. The molecule has 2 fully saturated rings. The lowest BCUT2D eigenvalue weighted by Gasteiger charge is -2.43. The zero-order valence-corrected chi connectivity index (χ0v) is 25.1. The highest BCUT2D eigenvalue weighted by Crippen LogP contribution is 2.44. The predicted molar refractivity (Wildman–Crippen MR) is 152 cm³/mol. The zero-order chi connectivity index (χ0) is 28.3. The number of hydrogen-bond acceptors (Lipinski definition) is 7. The largest absolute Gasteiger partial charge is 0.405 e. The van der Waals surface area contributed by atoms with Crippen molar-refractivity contribution >= 4 is 18.7 Å². The Balaban J connectivity index is 1.69. The van der Waals surface area contributed by atoms with Crippen molar-refractivity contribution in [2.45, 2.75) is 89.7 Å². The van der Waals surface area contributed by atoms with Gasteiger partial charge in [0.1, 0.15) is 12.2 Å². The second-order valence-corrected chi connectivity index (χ2v) is 15.7. The fourth-order valence-electron chi connectivity index (χ4n) is 5.52. The number of hydrogen-bond donors (Lipinski definition) is 1. The van der Waals surface area contributed by atoms with Crippen molar-refractivity contribution in [3.8, 4) is 11.8 Å². The van der Waals surface area contributed by atoms with E-state index in [-0.39, 0.29) is 11.6 Å². The third-order valence-corrected chi connectivity index (χ3v) is 12.1. The second kappa shape index (κ2) is 11.8. The Morgan fingerprint density at radius 3 is 1.92 bits per heavy atom. The van der Waals surface area contributed by atoms with Crippen molar-refractivity contribution < 1.29 is 33.2 Å². The van der Waals surface area contributed by atoms with Gasteiger partial charge >= 0.3 is 0 Å². The molecule has 2 aliphatic rings. The van der Waals surface area contributed by atoms with Crippen LogP contribution >= 0.6 is 0 Å². The van der Waals surface area contributed by atoms with Gasteiger partial charge in [0.05, 0.1) is 6.61 Å². The van der Waals surface area contributed by atoms with Gasteiger partial charge in [0.2, 0.25) is 6.29 Å².